The van der Waals surface area contributed by atoms with E-state index in [2.05, 4.69) is 73.7 Å². The van der Waals surface area contributed by atoms with Gasteiger partial charge in [-0.05, 0) is 64.4 Å². The fourth-order valence-corrected chi connectivity index (χ4v) is 6.75. The number of hydrogen-bond acceptors (Lipinski definition) is 6. The molecule has 0 N–H and O–H groups in total. The minimum absolute atomic E-state index is 0.413. The molecule has 0 radical (unpaired) electrons. The molecule has 252 valence electrons. The Labute approximate surface area is 289 Å². The second kappa shape index (κ2) is 15.5. The summed E-state index contributed by atoms with van der Waals surface area (Å²) in [6.45, 7) is 4.26. The number of hydrogen-bond donors (Lipinski definition) is 0. The van der Waals surface area contributed by atoms with Gasteiger partial charge in [-0.2, -0.15) is 0 Å². The third-order valence-corrected chi connectivity index (χ3v) is 9.59. The van der Waals surface area contributed by atoms with Crippen molar-refractivity contribution < 1.29 is 28.4 Å². The molecule has 2 heterocycles. The maximum absolute atomic E-state index is 7.18. The average molecular weight is 657 g/mol. The Hall–Kier alpha value is -4.30. The van der Waals surface area contributed by atoms with Crippen molar-refractivity contribution >= 4 is 0 Å². The van der Waals surface area contributed by atoms with Gasteiger partial charge in [0.05, 0.1) is 40.1 Å². The smallest absolute Gasteiger partial charge is 0.144 e. The van der Waals surface area contributed by atoms with Crippen LogP contribution in [0.1, 0.15) is 45.0 Å². The van der Waals surface area contributed by atoms with E-state index in [0.717, 1.165) is 34.4 Å². The molecule has 2 fully saturated rings. The normalized spacial score (nSPS) is 21.3. The van der Waals surface area contributed by atoms with Crippen LogP contribution in [0.2, 0.25) is 0 Å². The van der Waals surface area contributed by atoms with Gasteiger partial charge in [-0.15, -0.1) is 0 Å². The van der Waals surface area contributed by atoms with Crippen molar-refractivity contribution in [3.05, 3.63) is 172 Å². The van der Waals surface area contributed by atoms with Crippen molar-refractivity contribution in [1.82, 2.24) is 0 Å². The van der Waals surface area contributed by atoms with E-state index >= 15 is 0 Å². The second-order valence-corrected chi connectivity index (χ2v) is 13.0. The van der Waals surface area contributed by atoms with Gasteiger partial charge in [-0.1, -0.05) is 121 Å². The van der Waals surface area contributed by atoms with E-state index < -0.39 is 30.0 Å². The number of benzene rings is 5. The zero-order valence-corrected chi connectivity index (χ0v) is 28.2. The summed E-state index contributed by atoms with van der Waals surface area (Å²) in [5.41, 5.74) is 7.29. The van der Waals surface area contributed by atoms with Gasteiger partial charge < -0.3 is 28.4 Å². The van der Waals surface area contributed by atoms with Crippen molar-refractivity contribution in [3.63, 3.8) is 0 Å². The Morgan fingerprint density at radius 1 is 0.612 bits per heavy atom. The summed E-state index contributed by atoms with van der Waals surface area (Å²) >= 11 is 0. The minimum atomic E-state index is -0.686. The van der Waals surface area contributed by atoms with Crippen LogP contribution in [0.15, 0.2) is 133 Å². The predicted molar refractivity (Wildman–Crippen MR) is 189 cm³/mol. The highest BCUT2D eigenvalue weighted by Gasteiger charge is 2.60. The average Bonchev–Trinajstić information content (AvgIpc) is 3.14. The number of ether oxygens (including phenoxy) is 6. The second-order valence-electron chi connectivity index (χ2n) is 13.0. The van der Waals surface area contributed by atoms with Gasteiger partial charge in [0.15, 0.2) is 0 Å². The van der Waals surface area contributed by atoms with E-state index in [9.17, 15) is 0 Å². The molecule has 0 aromatic heterocycles. The Morgan fingerprint density at radius 3 is 1.69 bits per heavy atom. The quantitative estimate of drug-likeness (QED) is 0.127. The topological polar surface area (TPSA) is 55.4 Å². The molecule has 0 bridgehead atoms. The standard InChI is InChI=1S/C43H44O6/c1-31-18-21-36(25-37(31)24-32-19-22-38(44-2)23-20-32)39-40(46-26-33-12-6-3-7-13-33)41(47-27-34-14-8-4-9-15-34)42(43(49-39)29-45-30-43)48-28-35-16-10-5-11-17-35/h3-23,25,39-42H,24,26-30H2,1-2H3/t39-,40-,41+,42-/m0/s1. The van der Waals surface area contributed by atoms with Crippen LogP contribution in [0.4, 0.5) is 0 Å². The fraction of sp³-hybridized carbons (Fsp3) is 0.302. The van der Waals surface area contributed by atoms with Crippen LogP contribution < -0.4 is 4.74 Å². The van der Waals surface area contributed by atoms with Crippen LogP contribution in [0.3, 0.4) is 0 Å². The molecule has 0 saturated carbocycles. The molecule has 0 amide bonds. The first-order valence-electron chi connectivity index (χ1n) is 17.0. The first-order chi connectivity index (χ1) is 24.1. The molecular formula is C43H44O6. The number of rotatable bonds is 13. The van der Waals surface area contributed by atoms with Crippen LogP contribution >= 0.6 is 0 Å². The Kier molecular flexibility index (Phi) is 10.5. The van der Waals surface area contributed by atoms with Gasteiger partial charge in [0, 0.05) is 0 Å². The van der Waals surface area contributed by atoms with Crippen LogP contribution in [0.5, 0.6) is 5.75 Å². The van der Waals surface area contributed by atoms with Crippen LogP contribution in [0.25, 0.3) is 0 Å². The molecule has 49 heavy (non-hydrogen) atoms. The molecule has 2 aliphatic rings. The fourth-order valence-electron chi connectivity index (χ4n) is 6.75. The molecule has 4 atom stereocenters. The highest BCUT2D eigenvalue weighted by Crippen LogP contribution is 2.46. The maximum atomic E-state index is 7.18. The monoisotopic (exact) mass is 656 g/mol. The highest BCUT2D eigenvalue weighted by molar-refractivity contribution is 5.38. The lowest BCUT2D eigenvalue weighted by atomic mass is 9.80. The molecule has 2 aliphatic heterocycles. The zero-order valence-electron chi connectivity index (χ0n) is 28.2. The first-order valence-corrected chi connectivity index (χ1v) is 17.0. The minimum Gasteiger partial charge on any atom is -0.497 e. The lowest BCUT2D eigenvalue weighted by Gasteiger charge is -2.56. The number of methoxy groups -OCH3 is 1. The third-order valence-electron chi connectivity index (χ3n) is 9.59. The maximum Gasteiger partial charge on any atom is 0.144 e. The lowest BCUT2D eigenvalue weighted by molar-refractivity contribution is -0.356. The predicted octanol–water partition coefficient (Wildman–Crippen LogP) is 8.19. The molecule has 5 aromatic rings. The molecular weight excluding hydrogens is 612 g/mol. The van der Waals surface area contributed by atoms with E-state index in [1.54, 1.807) is 7.11 Å². The largest absolute Gasteiger partial charge is 0.497 e. The van der Waals surface area contributed by atoms with Gasteiger partial charge in [0.25, 0.3) is 0 Å². The summed E-state index contributed by atoms with van der Waals surface area (Å²) in [4.78, 5) is 0. The van der Waals surface area contributed by atoms with Gasteiger partial charge in [-0.25, -0.2) is 0 Å². The van der Waals surface area contributed by atoms with Crippen LogP contribution in [0, 0.1) is 6.92 Å². The summed E-state index contributed by atoms with van der Waals surface area (Å²) < 4.78 is 39.1. The Morgan fingerprint density at radius 2 is 1.16 bits per heavy atom. The van der Waals surface area contributed by atoms with Gasteiger partial charge in [-0.3, -0.25) is 0 Å². The molecule has 0 unspecified atom stereocenters. The molecule has 2 saturated heterocycles. The summed E-state index contributed by atoms with van der Waals surface area (Å²) in [6.07, 6.45) is -0.961. The van der Waals surface area contributed by atoms with Gasteiger partial charge in [0.2, 0.25) is 0 Å². The van der Waals surface area contributed by atoms with E-state index in [0.29, 0.717) is 33.0 Å². The number of aryl methyl sites for hydroxylation is 1. The van der Waals surface area contributed by atoms with Crippen LogP contribution in [-0.4, -0.2) is 44.2 Å². The van der Waals surface area contributed by atoms with Gasteiger partial charge in [0.1, 0.15) is 35.8 Å². The van der Waals surface area contributed by atoms with E-state index in [-0.39, 0.29) is 0 Å². The molecule has 6 heteroatoms. The molecule has 0 aliphatic carbocycles. The zero-order chi connectivity index (χ0) is 33.5. The van der Waals surface area contributed by atoms with E-state index in [1.807, 2.05) is 66.7 Å². The Bertz CT molecular complexity index is 1760. The molecule has 6 nitrogen and oxygen atoms in total. The lowest BCUT2D eigenvalue weighted by Crippen LogP contribution is -2.71. The van der Waals surface area contributed by atoms with Crippen molar-refractivity contribution in [3.8, 4) is 5.75 Å². The van der Waals surface area contributed by atoms with Gasteiger partial charge >= 0.3 is 0 Å². The van der Waals surface area contributed by atoms with Crippen molar-refractivity contribution in [2.45, 2.75) is 63.2 Å². The van der Waals surface area contributed by atoms with Crippen molar-refractivity contribution in [2.24, 2.45) is 0 Å². The molecule has 1 spiro atoms. The highest BCUT2D eigenvalue weighted by atomic mass is 16.7. The summed E-state index contributed by atoms with van der Waals surface area (Å²) in [5, 5.41) is 0. The van der Waals surface area contributed by atoms with Crippen molar-refractivity contribution in [1.29, 1.82) is 0 Å². The summed E-state index contributed by atoms with van der Waals surface area (Å²) in [6, 6.07) is 45.7. The molecule has 7 rings (SSSR count). The molecule has 5 aromatic carbocycles. The Balaban J connectivity index is 1.25. The van der Waals surface area contributed by atoms with E-state index in [4.69, 9.17) is 28.4 Å². The summed E-state index contributed by atoms with van der Waals surface area (Å²) in [7, 11) is 1.69. The van der Waals surface area contributed by atoms with Crippen LogP contribution in [-0.2, 0) is 49.9 Å². The summed E-state index contributed by atoms with van der Waals surface area (Å²) in [5.74, 6) is 0.849. The van der Waals surface area contributed by atoms with Crippen molar-refractivity contribution in [2.75, 3.05) is 20.3 Å². The first kappa shape index (κ1) is 33.2. The SMILES string of the molecule is COc1ccc(Cc2cc([C@@H]3OC4(COC4)[C@@H](OCc4ccccc4)[C@H](OCc4ccccc4)[C@H]3OCc3ccccc3)ccc2C)cc1. The third kappa shape index (κ3) is 7.80. The van der Waals surface area contributed by atoms with E-state index in [1.165, 1.54) is 16.7 Å².